The van der Waals surface area contributed by atoms with Gasteiger partial charge in [-0.2, -0.15) is 0 Å². The zero-order chi connectivity index (χ0) is 13.2. The molecule has 0 fully saturated rings. The first-order chi connectivity index (χ1) is 9.25. The van der Waals surface area contributed by atoms with Crippen molar-refractivity contribution >= 4 is 11.8 Å². The van der Waals surface area contributed by atoms with Crippen LogP contribution in [0.5, 0.6) is 5.75 Å². The maximum Gasteiger partial charge on any atom is 0.343 e. The zero-order valence-corrected chi connectivity index (χ0v) is 10.3. The quantitative estimate of drug-likeness (QED) is 0.609. The molecule has 0 bridgehead atoms. The predicted octanol–water partition coefficient (Wildman–Crippen LogP) is 3.03. The van der Waals surface area contributed by atoms with E-state index in [4.69, 9.17) is 4.74 Å². The molecule has 3 rings (SSSR count). The summed E-state index contributed by atoms with van der Waals surface area (Å²) in [5, 5.41) is 0. The van der Waals surface area contributed by atoms with Crippen LogP contribution < -0.4 is 4.74 Å². The lowest BCUT2D eigenvalue weighted by Gasteiger charge is -2.08. The van der Waals surface area contributed by atoms with E-state index in [0.29, 0.717) is 23.3 Å². The summed E-state index contributed by atoms with van der Waals surface area (Å²) in [5.41, 5.74) is 2.00. The van der Waals surface area contributed by atoms with E-state index in [1.807, 2.05) is 18.2 Å². The third-order valence-corrected chi connectivity index (χ3v) is 3.22. The first-order valence-electron chi connectivity index (χ1n) is 6.18. The van der Waals surface area contributed by atoms with Crippen LogP contribution in [0.4, 0.5) is 0 Å². The molecule has 0 heterocycles. The molecule has 0 amide bonds. The molecule has 0 N–H and O–H groups in total. The lowest BCUT2D eigenvalue weighted by Crippen LogP contribution is -2.10. The van der Waals surface area contributed by atoms with Crippen molar-refractivity contribution in [1.29, 1.82) is 0 Å². The fourth-order valence-corrected chi connectivity index (χ4v) is 2.29. The van der Waals surface area contributed by atoms with Crippen LogP contribution in [0.1, 0.15) is 32.7 Å². The first kappa shape index (κ1) is 11.7. The Balaban J connectivity index is 1.91. The molecule has 3 heteroatoms. The van der Waals surface area contributed by atoms with Gasteiger partial charge in [-0.15, -0.1) is 0 Å². The Hall–Kier alpha value is -2.42. The summed E-state index contributed by atoms with van der Waals surface area (Å²) in [6.45, 7) is 0. The van der Waals surface area contributed by atoms with Gasteiger partial charge in [-0.1, -0.05) is 30.3 Å². The normalized spacial score (nSPS) is 13.2. The van der Waals surface area contributed by atoms with Crippen molar-refractivity contribution < 1.29 is 14.3 Å². The molecule has 0 aromatic heterocycles. The van der Waals surface area contributed by atoms with Crippen LogP contribution in [0.25, 0.3) is 0 Å². The summed E-state index contributed by atoms with van der Waals surface area (Å²) >= 11 is 0. The monoisotopic (exact) mass is 252 g/mol. The maximum absolute atomic E-state index is 12.0. The molecule has 0 radical (unpaired) electrons. The van der Waals surface area contributed by atoms with Gasteiger partial charge in [0.25, 0.3) is 0 Å². The number of Topliss-reactive ketones (excluding diaryl/α,β-unsaturated/α-hetero) is 1. The SMILES string of the molecule is O=C(Oc1cccc2c1C(=O)CC2)c1ccccc1. The van der Waals surface area contributed by atoms with Gasteiger partial charge in [0, 0.05) is 6.42 Å². The number of esters is 1. The molecule has 0 saturated heterocycles. The molecule has 0 spiro atoms. The lowest BCUT2D eigenvalue weighted by molar-refractivity contribution is 0.0733. The Kier molecular flexibility index (Phi) is 2.88. The number of rotatable bonds is 2. The van der Waals surface area contributed by atoms with E-state index in [-0.39, 0.29) is 5.78 Å². The van der Waals surface area contributed by atoms with Crippen molar-refractivity contribution in [3.63, 3.8) is 0 Å². The fourth-order valence-electron chi connectivity index (χ4n) is 2.29. The van der Waals surface area contributed by atoms with Crippen LogP contribution in [-0.2, 0) is 6.42 Å². The van der Waals surface area contributed by atoms with Crippen LogP contribution in [-0.4, -0.2) is 11.8 Å². The number of fused-ring (bicyclic) bond motifs is 1. The minimum atomic E-state index is -0.436. The summed E-state index contributed by atoms with van der Waals surface area (Å²) in [6, 6.07) is 14.1. The largest absolute Gasteiger partial charge is 0.422 e. The smallest absolute Gasteiger partial charge is 0.343 e. The maximum atomic E-state index is 12.0. The van der Waals surface area contributed by atoms with Gasteiger partial charge in [0.2, 0.25) is 0 Å². The van der Waals surface area contributed by atoms with Crippen LogP contribution >= 0.6 is 0 Å². The molecule has 1 aliphatic carbocycles. The van der Waals surface area contributed by atoms with Crippen molar-refractivity contribution in [2.75, 3.05) is 0 Å². The molecule has 94 valence electrons. The lowest BCUT2D eigenvalue weighted by atomic mass is 10.1. The van der Waals surface area contributed by atoms with E-state index in [9.17, 15) is 9.59 Å². The number of hydrogen-bond acceptors (Lipinski definition) is 3. The van der Waals surface area contributed by atoms with E-state index >= 15 is 0 Å². The van der Waals surface area contributed by atoms with E-state index in [2.05, 4.69) is 0 Å². The number of carbonyl (C=O) groups is 2. The molecule has 2 aromatic rings. The van der Waals surface area contributed by atoms with Crippen molar-refractivity contribution in [3.05, 3.63) is 65.2 Å². The van der Waals surface area contributed by atoms with Gasteiger partial charge in [-0.05, 0) is 30.2 Å². The molecular formula is C16H12O3. The van der Waals surface area contributed by atoms with Crippen LogP contribution in [0.3, 0.4) is 0 Å². The van der Waals surface area contributed by atoms with Gasteiger partial charge < -0.3 is 4.74 Å². The van der Waals surface area contributed by atoms with Crippen LogP contribution in [0.15, 0.2) is 48.5 Å². The summed E-state index contributed by atoms with van der Waals surface area (Å²) in [6.07, 6.45) is 1.22. The second kappa shape index (κ2) is 4.69. The highest BCUT2D eigenvalue weighted by Crippen LogP contribution is 2.30. The molecule has 0 aliphatic heterocycles. The van der Waals surface area contributed by atoms with Gasteiger partial charge in [-0.3, -0.25) is 4.79 Å². The van der Waals surface area contributed by atoms with Crippen molar-refractivity contribution in [3.8, 4) is 5.75 Å². The topological polar surface area (TPSA) is 43.4 Å². The highest BCUT2D eigenvalue weighted by Gasteiger charge is 2.24. The molecule has 0 saturated carbocycles. The highest BCUT2D eigenvalue weighted by atomic mass is 16.5. The minimum absolute atomic E-state index is 0.0476. The zero-order valence-electron chi connectivity index (χ0n) is 10.3. The third kappa shape index (κ3) is 2.15. The van der Waals surface area contributed by atoms with Gasteiger partial charge in [0.05, 0.1) is 11.1 Å². The number of ketones is 1. The van der Waals surface area contributed by atoms with Crippen LogP contribution in [0, 0.1) is 0 Å². The summed E-state index contributed by atoms with van der Waals surface area (Å²) in [5.74, 6) is -0.0194. The Morgan fingerprint density at radius 1 is 0.947 bits per heavy atom. The van der Waals surface area contributed by atoms with Gasteiger partial charge in [-0.25, -0.2) is 4.79 Å². The summed E-state index contributed by atoms with van der Waals surface area (Å²) < 4.78 is 5.35. The molecule has 0 atom stereocenters. The van der Waals surface area contributed by atoms with E-state index < -0.39 is 5.97 Å². The van der Waals surface area contributed by atoms with Crippen molar-refractivity contribution in [1.82, 2.24) is 0 Å². The predicted molar refractivity (Wildman–Crippen MR) is 70.5 cm³/mol. The summed E-state index contributed by atoms with van der Waals surface area (Å²) in [4.78, 5) is 23.8. The van der Waals surface area contributed by atoms with E-state index in [0.717, 1.165) is 12.0 Å². The molecule has 1 aliphatic rings. The van der Waals surface area contributed by atoms with Crippen molar-refractivity contribution in [2.24, 2.45) is 0 Å². The average Bonchev–Trinajstić information content (AvgIpc) is 2.83. The van der Waals surface area contributed by atoms with Gasteiger partial charge in [0.15, 0.2) is 5.78 Å². The Morgan fingerprint density at radius 3 is 2.53 bits per heavy atom. The highest BCUT2D eigenvalue weighted by molar-refractivity contribution is 6.04. The second-order valence-corrected chi connectivity index (χ2v) is 4.47. The molecule has 3 nitrogen and oxygen atoms in total. The molecular weight excluding hydrogens is 240 g/mol. The third-order valence-electron chi connectivity index (χ3n) is 3.22. The Bertz CT molecular complexity index is 644. The number of aryl methyl sites for hydroxylation is 1. The Labute approximate surface area is 110 Å². The molecule has 2 aromatic carbocycles. The summed E-state index contributed by atoms with van der Waals surface area (Å²) in [7, 11) is 0. The number of carbonyl (C=O) groups excluding carboxylic acids is 2. The molecule has 19 heavy (non-hydrogen) atoms. The number of ether oxygens (including phenoxy) is 1. The number of hydrogen-bond donors (Lipinski definition) is 0. The minimum Gasteiger partial charge on any atom is -0.422 e. The average molecular weight is 252 g/mol. The fraction of sp³-hybridized carbons (Fsp3) is 0.125. The van der Waals surface area contributed by atoms with Crippen molar-refractivity contribution in [2.45, 2.75) is 12.8 Å². The Morgan fingerprint density at radius 2 is 1.74 bits per heavy atom. The number of benzene rings is 2. The standard InChI is InChI=1S/C16H12O3/c17-13-10-9-11-7-4-8-14(15(11)13)19-16(18)12-5-2-1-3-6-12/h1-8H,9-10H2. The second-order valence-electron chi connectivity index (χ2n) is 4.47. The van der Waals surface area contributed by atoms with Gasteiger partial charge in [0.1, 0.15) is 5.75 Å². The first-order valence-corrected chi connectivity index (χ1v) is 6.18. The van der Waals surface area contributed by atoms with E-state index in [1.54, 1.807) is 30.3 Å². The van der Waals surface area contributed by atoms with Gasteiger partial charge >= 0.3 is 5.97 Å². The van der Waals surface area contributed by atoms with Crippen LogP contribution in [0.2, 0.25) is 0 Å². The molecule has 0 unspecified atom stereocenters. The van der Waals surface area contributed by atoms with E-state index in [1.165, 1.54) is 0 Å².